The number of likely N-dealkylation sites (tertiary alicyclic amines) is 1. The molecule has 1 amide bonds. The van der Waals surface area contributed by atoms with Crippen molar-refractivity contribution in [1.82, 2.24) is 15.1 Å². The fourth-order valence-corrected chi connectivity index (χ4v) is 4.83. The molecule has 1 aromatic heterocycles. The molecule has 3 aromatic rings. The van der Waals surface area contributed by atoms with Gasteiger partial charge >= 0.3 is 0 Å². The smallest absolute Gasteiger partial charge is 0.277 e. The highest BCUT2D eigenvalue weighted by Crippen LogP contribution is 2.39. The molecule has 4 rings (SSSR count). The molecule has 1 aliphatic rings. The maximum atomic E-state index is 13.1. The van der Waals surface area contributed by atoms with Gasteiger partial charge in [0.05, 0.1) is 26.0 Å². The van der Waals surface area contributed by atoms with Crippen LogP contribution in [0.2, 0.25) is 0 Å². The third kappa shape index (κ3) is 4.75. The van der Waals surface area contributed by atoms with Crippen LogP contribution in [0.15, 0.2) is 46.0 Å². The summed E-state index contributed by atoms with van der Waals surface area (Å²) in [6.07, 6.45) is 1.83. The second-order valence-corrected chi connectivity index (χ2v) is 8.82. The second-order valence-electron chi connectivity index (χ2n) is 7.89. The fourth-order valence-electron chi connectivity index (χ4n) is 4.18. The van der Waals surface area contributed by atoms with Gasteiger partial charge in [0, 0.05) is 17.7 Å². The fraction of sp³-hybridized carbons (Fsp3) is 0.375. The standard InChI is InChI=1S/C24H27N3O4S/c1-15-10-16(2)12-17(11-15)23-25-26-24(31-23)32-14-22(28)27-9-5-6-20(27)19-13-18(29-3)7-8-21(19)30-4/h7-8,10-13,20H,5-6,9,14H2,1-4H3. The second kappa shape index (κ2) is 9.65. The summed E-state index contributed by atoms with van der Waals surface area (Å²) in [7, 11) is 3.28. The number of nitrogens with zero attached hydrogens (tertiary/aromatic N) is 3. The molecule has 0 aliphatic carbocycles. The average molecular weight is 454 g/mol. The first-order chi connectivity index (χ1) is 15.5. The number of ether oxygens (including phenoxy) is 2. The van der Waals surface area contributed by atoms with Crippen LogP contribution in [0.5, 0.6) is 11.5 Å². The number of rotatable bonds is 7. The predicted molar refractivity (Wildman–Crippen MR) is 123 cm³/mol. The van der Waals surface area contributed by atoms with E-state index in [0.717, 1.165) is 46.6 Å². The minimum Gasteiger partial charge on any atom is -0.497 e. The van der Waals surface area contributed by atoms with Crippen molar-refractivity contribution < 1.29 is 18.7 Å². The molecule has 1 atom stereocenters. The van der Waals surface area contributed by atoms with Crippen LogP contribution >= 0.6 is 11.8 Å². The monoisotopic (exact) mass is 453 g/mol. The van der Waals surface area contributed by atoms with Gasteiger partial charge < -0.3 is 18.8 Å². The summed E-state index contributed by atoms with van der Waals surface area (Å²) in [6, 6.07) is 11.8. The molecule has 2 heterocycles. The summed E-state index contributed by atoms with van der Waals surface area (Å²) >= 11 is 1.27. The molecule has 0 bridgehead atoms. The molecule has 1 aliphatic heterocycles. The first-order valence-corrected chi connectivity index (χ1v) is 11.5. The highest BCUT2D eigenvalue weighted by molar-refractivity contribution is 7.99. The minimum atomic E-state index is -0.0401. The van der Waals surface area contributed by atoms with Gasteiger partial charge in [-0.05, 0) is 57.0 Å². The molecular weight excluding hydrogens is 426 g/mol. The molecule has 0 saturated carbocycles. The van der Waals surface area contributed by atoms with E-state index in [-0.39, 0.29) is 17.7 Å². The molecule has 8 heteroatoms. The van der Waals surface area contributed by atoms with Crippen LogP contribution in [-0.4, -0.2) is 47.5 Å². The molecule has 0 radical (unpaired) electrons. The number of benzene rings is 2. The van der Waals surface area contributed by atoms with Crippen molar-refractivity contribution in [1.29, 1.82) is 0 Å². The zero-order valence-electron chi connectivity index (χ0n) is 18.8. The van der Waals surface area contributed by atoms with E-state index >= 15 is 0 Å². The van der Waals surface area contributed by atoms with E-state index < -0.39 is 0 Å². The van der Waals surface area contributed by atoms with Crippen LogP contribution in [0.25, 0.3) is 11.5 Å². The van der Waals surface area contributed by atoms with Crippen molar-refractivity contribution >= 4 is 17.7 Å². The maximum absolute atomic E-state index is 13.1. The Morgan fingerprint density at radius 2 is 1.91 bits per heavy atom. The van der Waals surface area contributed by atoms with Crippen LogP contribution < -0.4 is 9.47 Å². The van der Waals surface area contributed by atoms with E-state index in [9.17, 15) is 4.79 Å². The van der Waals surface area contributed by atoms with Crippen molar-refractivity contribution in [3.63, 3.8) is 0 Å². The number of thioether (sulfide) groups is 1. The van der Waals surface area contributed by atoms with Gasteiger partial charge in [0.15, 0.2) is 0 Å². The molecule has 1 fully saturated rings. The third-order valence-electron chi connectivity index (χ3n) is 5.56. The molecule has 168 valence electrons. The van der Waals surface area contributed by atoms with Gasteiger partial charge in [-0.1, -0.05) is 29.0 Å². The minimum absolute atomic E-state index is 0.0357. The van der Waals surface area contributed by atoms with E-state index in [0.29, 0.717) is 17.7 Å². The number of aryl methyl sites for hydroxylation is 2. The summed E-state index contributed by atoms with van der Waals surface area (Å²) < 4.78 is 16.7. The Morgan fingerprint density at radius 1 is 1.12 bits per heavy atom. The van der Waals surface area contributed by atoms with Gasteiger partial charge in [-0.2, -0.15) is 0 Å². The molecule has 7 nitrogen and oxygen atoms in total. The molecular formula is C24H27N3O4S. The zero-order chi connectivity index (χ0) is 22.7. The summed E-state index contributed by atoms with van der Waals surface area (Å²) in [5, 5.41) is 8.66. The van der Waals surface area contributed by atoms with E-state index in [1.807, 2.05) is 49.1 Å². The molecule has 1 unspecified atom stereocenters. The highest BCUT2D eigenvalue weighted by Gasteiger charge is 2.32. The largest absolute Gasteiger partial charge is 0.497 e. The Morgan fingerprint density at radius 3 is 2.62 bits per heavy atom. The van der Waals surface area contributed by atoms with Crippen molar-refractivity contribution in [2.45, 2.75) is 38.0 Å². The van der Waals surface area contributed by atoms with Gasteiger partial charge in [0.25, 0.3) is 5.22 Å². The topological polar surface area (TPSA) is 77.7 Å². The number of aromatic nitrogens is 2. The van der Waals surface area contributed by atoms with Crippen molar-refractivity contribution in [2.75, 3.05) is 26.5 Å². The van der Waals surface area contributed by atoms with E-state index in [2.05, 4.69) is 16.3 Å². The first kappa shape index (κ1) is 22.2. The molecule has 0 N–H and O–H groups in total. The quantitative estimate of drug-likeness (QED) is 0.474. The summed E-state index contributed by atoms with van der Waals surface area (Å²) in [5.41, 5.74) is 4.13. The van der Waals surface area contributed by atoms with Gasteiger partial charge in [-0.15, -0.1) is 10.2 Å². The lowest BCUT2D eigenvalue weighted by molar-refractivity contribution is -0.129. The van der Waals surface area contributed by atoms with Crippen molar-refractivity contribution in [3.8, 4) is 23.0 Å². The average Bonchev–Trinajstić information content (AvgIpc) is 3.46. The van der Waals surface area contributed by atoms with Crippen LogP contribution in [0, 0.1) is 13.8 Å². The SMILES string of the molecule is COc1ccc(OC)c(C2CCCN2C(=O)CSc2nnc(-c3cc(C)cc(C)c3)o2)c1. The molecule has 1 saturated heterocycles. The molecule has 0 spiro atoms. The van der Waals surface area contributed by atoms with Crippen LogP contribution in [-0.2, 0) is 4.79 Å². The van der Waals surface area contributed by atoms with E-state index in [1.165, 1.54) is 11.8 Å². The van der Waals surface area contributed by atoms with E-state index in [4.69, 9.17) is 13.9 Å². The summed E-state index contributed by atoms with van der Waals surface area (Å²) in [4.78, 5) is 15.0. The number of hydrogen-bond donors (Lipinski definition) is 0. The Labute approximate surface area is 192 Å². The Balaban J connectivity index is 1.45. The van der Waals surface area contributed by atoms with Gasteiger partial charge in [-0.25, -0.2) is 0 Å². The normalized spacial score (nSPS) is 15.8. The maximum Gasteiger partial charge on any atom is 0.277 e. The lowest BCUT2D eigenvalue weighted by atomic mass is 10.0. The predicted octanol–water partition coefficient (Wildman–Crippen LogP) is 4.83. The van der Waals surface area contributed by atoms with Crippen molar-refractivity contribution in [2.24, 2.45) is 0 Å². The Bertz CT molecular complexity index is 1090. The number of carbonyl (C=O) groups is 1. The van der Waals surface area contributed by atoms with Crippen LogP contribution in [0.4, 0.5) is 0 Å². The summed E-state index contributed by atoms with van der Waals surface area (Å²) in [6.45, 7) is 4.78. The highest BCUT2D eigenvalue weighted by atomic mass is 32.2. The number of amides is 1. The Kier molecular flexibility index (Phi) is 6.69. The van der Waals surface area contributed by atoms with Crippen molar-refractivity contribution in [3.05, 3.63) is 53.1 Å². The van der Waals surface area contributed by atoms with Crippen LogP contribution in [0.3, 0.4) is 0 Å². The van der Waals surface area contributed by atoms with Gasteiger partial charge in [-0.3, -0.25) is 4.79 Å². The molecule has 2 aromatic carbocycles. The Hall–Kier alpha value is -3.00. The number of carbonyl (C=O) groups excluding carboxylic acids is 1. The number of hydrogen-bond acceptors (Lipinski definition) is 7. The van der Waals surface area contributed by atoms with Gasteiger partial charge in [0.2, 0.25) is 11.8 Å². The number of methoxy groups -OCH3 is 2. The zero-order valence-corrected chi connectivity index (χ0v) is 19.6. The molecule has 32 heavy (non-hydrogen) atoms. The lowest BCUT2D eigenvalue weighted by Gasteiger charge is -2.26. The first-order valence-electron chi connectivity index (χ1n) is 10.5. The lowest BCUT2D eigenvalue weighted by Crippen LogP contribution is -2.32. The van der Waals surface area contributed by atoms with Gasteiger partial charge in [0.1, 0.15) is 11.5 Å². The van der Waals surface area contributed by atoms with Crippen LogP contribution in [0.1, 0.15) is 35.6 Å². The van der Waals surface area contributed by atoms with E-state index in [1.54, 1.807) is 14.2 Å². The summed E-state index contributed by atoms with van der Waals surface area (Å²) in [5.74, 6) is 2.25. The third-order valence-corrected chi connectivity index (χ3v) is 6.37.